The minimum atomic E-state index is -1.46. The van der Waals surface area contributed by atoms with Crippen molar-refractivity contribution in [1.82, 2.24) is 10.2 Å². The molecule has 2 rings (SSSR count). The number of carboxylic acid groups (broad SMARTS) is 1. The second kappa shape index (κ2) is 10.7. The van der Waals surface area contributed by atoms with Gasteiger partial charge in [0.25, 0.3) is 0 Å². The molecule has 1 saturated heterocycles. The van der Waals surface area contributed by atoms with Gasteiger partial charge in [0.1, 0.15) is 17.4 Å². The molecule has 30 heavy (non-hydrogen) atoms. The third-order valence-electron chi connectivity index (χ3n) is 4.87. The highest BCUT2D eigenvalue weighted by Gasteiger charge is 2.33. The Bertz CT molecular complexity index is 764. The number of aliphatic carboxylic acids is 1. The molecule has 1 heterocycles. The SMILES string of the molecule is C=C(S)N(C[C@H](OC1CCOCC1)c1ccccc1OC)C(=O)NC(C)(C)C(=O)O. The standard InChI is InChI=1S/C21H30N2O6S/c1-14(30)23(20(26)22-21(2,3)19(24)25)13-18(29-15-9-11-28-12-10-15)16-7-5-6-8-17(16)27-4/h5-8,15,18,30H,1,9-13H2,2-4H3,(H,22,26)(H,24,25)/t18-/m0/s1. The number of benzene rings is 1. The third kappa shape index (κ3) is 6.38. The maximum atomic E-state index is 12.9. The fourth-order valence-corrected chi connectivity index (χ4v) is 3.22. The van der Waals surface area contributed by atoms with Crippen LogP contribution >= 0.6 is 12.6 Å². The lowest BCUT2D eigenvalue weighted by molar-refractivity contribution is -0.143. The number of hydrogen-bond acceptors (Lipinski definition) is 6. The Kier molecular flexibility index (Phi) is 8.57. The van der Waals surface area contributed by atoms with E-state index in [4.69, 9.17) is 14.2 Å². The highest BCUT2D eigenvalue weighted by molar-refractivity contribution is 7.84. The van der Waals surface area contributed by atoms with E-state index in [0.717, 1.165) is 18.4 Å². The summed E-state index contributed by atoms with van der Waals surface area (Å²) in [5.41, 5.74) is -0.684. The van der Waals surface area contributed by atoms with Crippen molar-refractivity contribution >= 4 is 24.6 Å². The van der Waals surface area contributed by atoms with Gasteiger partial charge in [-0.1, -0.05) is 24.8 Å². The minimum absolute atomic E-state index is 0.0396. The molecule has 0 aromatic heterocycles. The average molecular weight is 439 g/mol. The minimum Gasteiger partial charge on any atom is -0.496 e. The van der Waals surface area contributed by atoms with Crippen molar-refractivity contribution in [1.29, 1.82) is 0 Å². The van der Waals surface area contributed by atoms with Gasteiger partial charge in [-0.3, -0.25) is 4.90 Å². The van der Waals surface area contributed by atoms with E-state index in [-0.39, 0.29) is 17.7 Å². The van der Waals surface area contributed by atoms with Crippen molar-refractivity contribution in [2.45, 2.75) is 44.4 Å². The zero-order valence-corrected chi connectivity index (χ0v) is 18.5. The molecule has 1 atom stereocenters. The summed E-state index contributed by atoms with van der Waals surface area (Å²) in [6, 6.07) is 6.79. The molecule has 9 heteroatoms. The Balaban J connectivity index is 2.29. The Morgan fingerprint density at radius 3 is 2.57 bits per heavy atom. The summed E-state index contributed by atoms with van der Waals surface area (Å²) in [5, 5.41) is 12.0. The molecule has 0 radical (unpaired) electrons. The molecule has 1 aromatic carbocycles. The van der Waals surface area contributed by atoms with Crippen LogP contribution in [0.3, 0.4) is 0 Å². The predicted octanol–water partition coefficient (Wildman–Crippen LogP) is 3.21. The van der Waals surface area contributed by atoms with Gasteiger partial charge in [-0.25, -0.2) is 9.59 Å². The molecule has 0 bridgehead atoms. The quantitative estimate of drug-likeness (QED) is 0.512. The van der Waals surface area contributed by atoms with Crippen LogP contribution < -0.4 is 10.1 Å². The van der Waals surface area contributed by atoms with E-state index in [1.807, 2.05) is 24.3 Å². The first-order chi connectivity index (χ1) is 14.2. The van der Waals surface area contributed by atoms with Crippen molar-refractivity contribution < 1.29 is 28.9 Å². The number of urea groups is 1. The number of nitrogens with one attached hydrogen (secondary N) is 1. The number of rotatable bonds is 9. The number of ether oxygens (including phenoxy) is 3. The molecule has 166 valence electrons. The van der Waals surface area contributed by atoms with Crippen LogP contribution in [0.2, 0.25) is 0 Å². The predicted molar refractivity (Wildman–Crippen MR) is 116 cm³/mol. The summed E-state index contributed by atoms with van der Waals surface area (Å²) >= 11 is 4.25. The lowest BCUT2D eigenvalue weighted by atomic mass is 10.1. The first-order valence-electron chi connectivity index (χ1n) is 9.72. The van der Waals surface area contributed by atoms with Gasteiger partial charge in [0, 0.05) is 18.8 Å². The number of amides is 2. The van der Waals surface area contributed by atoms with Crippen molar-refractivity contribution in [3.8, 4) is 5.75 Å². The van der Waals surface area contributed by atoms with E-state index in [2.05, 4.69) is 24.5 Å². The largest absolute Gasteiger partial charge is 0.496 e. The first-order valence-corrected chi connectivity index (χ1v) is 10.2. The zero-order valence-electron chi connectivity index (χ0n) is 17.6. The van der Waals surface area contributed by atoms with Crippen molar-refractivity contribution in [2.24, 2.45) is 0 Å². The second-order valence-corrected chi connectivity index (χ2v) is 8.08. The summed E-state index contributed by atoms with van der Waals surface area (Å²) in [6.07, 6.45) is 0.909. The van der Waals surface area contributed by atoms with E-state index < -0.39 is 23.6 Å². The molecule has 0 saturated carbocycles. The topological polar surface area (TPSA) is 97.3 Å². The summed E-state index contributed by atoms with van der Waals surface area (Å²) in [6.45, 7) is 7.88. The van der Waals surface area contributed by atoms with Crippen LogP contribution in [0.5, 0.6) is 5.75 Å². The number of nitrogens with zero attached hydrogens (tertiary/aromatic N) is 1. The summed E-state index contributed by atoms with van der Waals surface area (Å²) in [4.78, 5) is 25.5. The molecule has 1 aliphatic rings. The highest BCUT2D eigenvalue weighted by atomic mass is 32.1. The Morgan fingerprint density at radius 1 is 1.37 bits per heavy atom. The normalized spacial score (nSPS) is 15.9. The molecule has 0 aliphatic carbocycles. The lowest BCUT2D eigenvalue weighted by Gasteiger charge is -2.33. The van der Waals surface area contributed by atoms with E-state index in [1.54, 1.807) is 7.11 Å². The van der Waals surface area contributed by atoms with Crippen LogP contribution in [-0.2, 0) is 14.3 Å². The van der Waals surface area contributed by atoms with Crippen molar-refractivity contribution in [3.63, 3.8) is 0 Å². The van der Waals surface area contributed by atoms with E-state index in [1.165, 1.54) is 18.7 Å². The second-order valence-electron chi connectivity index (χ2n) is 7.57. The van der Waals surface area contributed by atoms with E-state index >= 15 is 0 Å². The van der Waals surface area contributed by atoms with Gasteiger partial charge in [0.15, 0.2) is 0 Å². The average Bonchev–Trinajstić information content (AvgIpc) is 2.70. The van der Waals surface area contributed by atoms with Crippen molar-refractivity contribution in [2.75, 3.05) is 26.9 Å². The molecule has 0 spiro atoms. The highest BCUT2D eigenvalue weighted by Crippen LogP contribution is 2.32. The summed E-state index contributed by atoms with van der Waals surface area (Å²) in [7, 11) is 1.57. The number of carboxylic acids is 1. The van der Waals surface area contributed by atoms with Crippen molar-refractivity contribution in [3.05, 3.63) is 41.4 Å². The van der Waals surface area contributed by atoms with E-state index in [0.29, 0.717) is 19.0 Å². The maximum absolute atomic E-state index is 12.9. The number of hydrogen-bond donors (Lipinski definition) is 3. The number of carbonyl (C=O) groups excluding carboxylic acids is 1. The first kappa shape index (κ1) is 24.0. The summed E-state index contributed by atoms with van der Waals surface area (Å²) in [5.74, 6) is -0.522. The third-order valence-corrected chi connectivity index (χ3v) is 5.11. The van der Waals surface area contributed by atoms with Gasteiger partial charge in [-0.2, -0.15) is 0 Å². The zero-order chi connectivity index (χ0) is 22.3. The Labute approximate surface area is 182 Å². The molecule has 0 unspecified atom stereocenters. The number of thiol groups is 1. The number of carbonyl (C=O) groups is 2. The fourth-order valence-electron chi connectivity index (χ4n) is 3.05. The molecule has 2 amide bonds. The maximum Gasteiger partial charge on any atom is 0.328 e. The monoisotopic (exact) mass is 438 g/mol. The van der Waals surface area contributed by atoms with Crippen LogP contribution in [0, 0.1) is 0 Å². The lowest BCUT2D eigenvalue weighted by Crippen LogP contribution is -2.54. The van der Waals surface area contributed by atoms with Crippen LogP contribution in [0.25, 0.3) is 0 Å². The van der Waals surface area contributed by atoms with Gasteiger partial charge in [-0.15, -0.1) is 12.6 Å². The van der Waals surface area contributed by atoms with Gasteiger partial charge >= 0.3 is 12.0 Å². The van der Waals surface area contributed by atoms with Crippen LogP contribution in [0.15, 0.2) is 35.9 Å². The number of methoxy groups -OCH3 is 1. The van der Waals surface area contributed by atoms with E-state index in [9.17, 15) is 14.7 Å². The smallest absolute Gasteiger partial charge is 0.328 e. The molecule has 2 N–H and O–H groups in total. The van der Waals surface area contributed by atoms with Gasteiger partial charge in [0.05, 0.1) is 24.8 Å². The fraction of sp³-hybridized carbons (Fsp3) is 0.524. The molecule has 1 fully saturated rings. The molecule has 8 nitrogen and oxygen atoms in total. The van der Waals surface area contributed by atoms with Gasteiger partial charge in [0.2, 0.25) is 0 Å². The van der Waals surface area contributed by atoms with Gasteiger partial charge in [-0.05, 0) is 32.8 Å². The molecule has 1 aromatic rings. The number of para-hydroxylation sites is 1. The molecular formula is C21H30N2O6S. The molecule has 1 aliphatic heterocycles. The Hall–Kier alpha value is -2.23. The summed E-state index contributed by atoms with van der Waals surface area (Å²) < 4.78 is 17.2. The molecular weight excluding hydrogens is 408 g/mol. The van der Waals surface area contributed by atoms with Crippen LogP contribution in [-0.4, -0.2) is 60.5 Å². The van der Waals surface area contributed by atoms with Crippen LogP contribution in [0.1, 0.15) is 38.4 Å². The van der Waals surface area contributed by atoms with Crippen LogP contribution in [0.4, 0.5) is 4.79 Å². The van der Waals surface area contributed by atoms with Gasteiger partial charge < -0.3 is 24.6 Å². The Morgan fingerprint density at radius 2 is 2.00 bits per heavy atom.